The second-order valence-corrected chi connectivity index (χ2v) is 3.26. The van der Waals surface area contributed by atoms with E-state index >= 15 is 0 Å². The third-order valence-electron chi connectivity index (χ3n) is 0.810. The zero-order valence-electron chi connectivity index (χ0n) is 5.06. The Labute approximate surface area is 57.3 Å². The van der Waals surface area contributed by atoms with Gasteiger partial charge >= 0.3 is 10.2 Å². The SMILES string of the molecule is O=S(=O)(F)CCCC(F)F. The van der Waals surface area contributed by atoms with Crippen LogP contribution in [0.3, 0.4) is 0 Å². The summed E-state index contributed by atoms with van der Waals surface area (Å²) in [4.78, 5) is 0. The molecule has 0 aromatic rings. The van der Waals surface area contributed by atoms with Crippen molar-refractivity contribution in [3.63, 3.8) is 0 Å². The van der Waals surface area contributed by atoms with Crippen LogP contribution in [0.5, 0.6) is 0 Å². The lowest BCUT2D eigenvalue weighted by molar-refractivity contribution is 0.137. The summed E-state index contributed by atoms with van der Waals surface area (Å²) in [6.45, 7) is 0. The van der Waals surface area contributed by atoms with Gasteiger partial charge in [0.1, 0.15) is 0 Å². The first-order valence-corrected chi connectivity index (χ1v) is 4.17. The van der Waals surface area contributed by atoms with Gasteiger partial charge in [0.2, 0.25) is 6.43 Å². The van der Waals surface area contributed by atoms with E-state index in [2.05, 4.69) is 0 Å². The monoisotopic (exact) mass is 176 g/mol. The molecule has 0 fully saturated rings. The fourth-order valence-electron chi connectivity index (χ4n) is 0.410. The summed E-state index contributed by atoms with van der Waals surface area (Å²) in [5, 5.41) is 0. The van der Waals surface area contributed by atoms with E-state index in [4.69, 9.17) is 0 Å². The van der Waals surface area contributed by atoms with Gasteiger partial charge in [-0.25, -0.2) is 8.78 Å². The quantitative estimate of drug-likeness (QED) is 0.605. The highest BCUT2D eigenvalue weighted by atomic mass is 32.3. The summed E-state index contributed by atoms with van der Waals surface area (Å²) in [7, 11) is -4.55. The molecular weight excluding hydrogens is 169 g/mol. The summed E-state index contributed by atoms with van der Waals surface area (Å²) in [6, 6.07) is 0. The largest absolute Gasteiger partial charge is 0.302 e. The van der Waals surface area contributed by atoms with Crippen molar-refractivity contribution in [1.82, 2.24) is 0 Å². The molecule has 0 aliphatic rings. The standard InChI is InChI=1S/C4H7F3O2S/c5-4(6)2-1-3-10(7,8)9/h4H,1-3H2. The molecule has 6 heteroatoms. The molecule has 0 aliphatic heterocycles. The van der Waals surface area contributed by atoms with Crippen molar-refractivity contribution in [3.8, 4) is 0 Å². The predicted octanol–water partition coefficient (Wildman–Crippen LogP) is 1.33. The molecule has 0 unspecified atom stereocenters. The van der Waals surface area contributed by atoms with Gasteiger partial charge < -0.3 is 0 Å². The van der Waals surface area contributed by atoms with Crippen LogP contribution in [0, 0.1) is 0 Å². The lowest BCUT2D eigenvalue weighted by atomic mass is 10.4. The molecule has 0 bridgehead atoms. The van der Waals surface area contributed by atoms with Crippen molar-refractivity contribution < 1.29 is 21.1 Å². The van der Waals surface area contributed by atoms with Crippen molar-refractivity contribution in [1.29, 1.82) is 0 Å². The molecule has 0 amide bonds. The maximum atomic E-state index is 11.6. The van der Waals surface area contributed by atoms with Gasteiger partial charge in [-0.3, -0.25) is 0 Å². The second-order valence-electron chi connectivity index (χ2n) is 1.78. The van der Waals surface area contributed by atoms with Gasteiger partial charge in [-0.1, -0.05) is 0 Å². The van der Waals surface area contributed by atoms with Crippen LogP contribution in [0.2, 0.25) is 0 Å². The summed E-state index contributed by atoms with van der Waals surface area (Å²) in [5.41, 5.74) is 0. The van der Waals surface area contributed by atoms with Crippen LogP contribution in [-0.4, -0.2) is 20.6 Å². The molecule has 0 aliphatic carbocycles. The second kappa shape index (κ2) is 3.80. The summed E-state index contributed by atoms with van der Waals surface area (Å²) in [5.74, 6) is -0.808. The van der Waals surface area contributed by atoms with Crippen LogP contribution < -0.4 is 0 Å². The van der Waals surface area contributed by atoms with Gasteiger partial charge in [0.05, 0.1) is 5.75 Å². The molecular formula is C4H7F3O2S. The van der Waals surface area contributed by atoms with Crippen LogP contribution in [0.15, 0.2) is 0 Å². The third-order valence-corrected chi connectivity index (χ3v) is 1.59. The maximum absolute atomic E-state index is 11.6. The van der Waals surface area contributed by atoms with E-state index in [1.54, 1.807) is 0 Å². The Balaban J connectivity index is 3.39. The molecule has 0 saturated heterocycles. The molecule has 0 atom stereocenters. The number of alkyl halides is 2. The Hall–Kier alpha value is -0.260. The Bertz CT molecular complexity index is 175. The highest BCUT2D eigenvalue weighted by Gasteiger charge is 2.09. The number of hydrogen-bond donors (Lipinski definition) is 0. The third kappa shape index (κ3) is 7.74. The lowest BCUT2D eigenvalue weighted by Crippen LogP contribution is -2.00. The Morgan fingerprint density at radius 2 is 1.80 bits per heavy atom. The average Bonchev–Trinajstić information content (AvgIpc) is 1.59. The van der Waals surface area contributed by atoms with E-state index in [1.165, 1.54) is 0 Å². The molecule has 0 radical (unpaired) electrons. The molecule has 0 heterocycles. The van der Waals surface area contributed by atoms with Crippen LogP contribution in [0.1, 0.15) is 12.8 Å². The van der Waals surface area contributed by atoms with Crippen LogP contribution in [-0.2, 0) is 10.2 Å². The zero-order chi connectivity index (χ0) is 8.20. The molecule has 2 nitrogen and oxygen atoms in total. The van der Waals surface area contributed by atoms with E-state index < -0.39 is 28.8 Å². The average molecular weight is 176 g/mol. The van der Waals surface area contributed by atoms with Crippen molar-refractivity contribution in [2.75, 3.05) is 5.75 Å². The molecule has 10 heavy (non-hydrogen) atoms. The molecule has 0 aromatic carbocycles. The summed E-state index contributed by atoms with van der Waals surface area (Å²) >= 11 is 0. The molecule has 0 spiro atoms. The molecule has 0 aromatic heterocycles. The highest BCUT2D eigenvalue weighted by Crippen LogP contribution is 2.05. The van der Waals surface area contributed by atoms with Crippen molar-refractivity contribution in [2.24, 2.45) is 0 Å². The Morgan fingerprint density at radius 1 is 1.30 bits per heavy atom. The highest BCUT2D eigenvalue weighted by molar-refractivity contribution is 7.86. The fraction of sp³-hybridized carbons (Fsp3) is 1.00. The van der Waals surface area contributed by atoms with Gasteiger partial charge in [-0.15, -0.1) is 3.89 Å². The Morgan fingerprint density at radius 3 is 2.10 bits per heavy atom. The predicted molar refractivity (Wildman–Crippen MR) is 30.1 cm³/mol. The minimum atomic E-state index is -4.55. The van der Waals surface area contributed by atoms with Gasteiger partial charge in [0, 0.05) is 6.42 Å². The van der Waals surface area contributed by atoms with Gasteiger partial charge in [-0.05, 0) is 6.42 Å². The number of rotatable bonds is 4. The summed E-state index contributed by atoms with van der Waals surface area (Å²) in [6.07, 6.45) is -3.44. The van der Waals surface area contributed by atoms with Gasteiger partial charge in [0.25, 0.3) is 0 Å². The molecule has 0 saturated carbocycles. The Kier molecular flexibility index (Phi) is 3.70. The molecule has 0 rings (SSSR count). The first-order valence-electron chi connectivity index (χ1n) is 2.62. The normalized spacial score (nSPS) is 12.4. The topological polar surface area (TPSA) is 34.1 Å². The van der Waals surface area contributed by atoms with Gasteiger partial charge in [0.15, 0.2) is 0 Å². The van der Waals surface area contributed by atoms with E-state index in [-0.39, 0.29) is 6.42 Å². The minimum Gasteiger partial charge on any atom is -0.211 e. The molecule has 0 N–H and O–H groups in total. The van der Waals surface area contributed by atoms with Crippen LogP contribution in [0.25, 0.3) is 0 Å². The first kappa shape index (κ1) is 9.74. The molecule has 62 valence electrons. The smallest absolute Gasteiger partial charge is 0.211 e. The van der Waals surface area contributed by atoms with Crippen LogP contribution >= 0.6 is 0 Å². The first-order chi connectivity index (χ1) is 4.42. The number of hydrogen-bond acceptors (Lipinski definition) is 2. The van der Waals surface area contributed by atoms with Crippen molar-refractivity contribution in [2.45, 2.75) is 19.3 Å². The van der Waals surface area contributed by atoms with E-state index in [1.807, 2.05) is 0 Å². The minimum absolute atomic E-state index is 0.323. The van der Waals surface area contributed by atoms with E-state index in [0.29, 0.717) is 0 Å². The van der Waals surface area contributed by atoms with Crippen molar-refractivity contribution >= 4 is 10.2 Å². The summed E-state index contributed by atoms with van der Waals surface area (Å²) < 4.78 is 53.6. The van der Waals surface area contributed by atoms with E-state index in [0.717, 1.165) is 0 Å². The van der Waals surface area contributed by atoms with Crippen molar-refractivity contribution in [3.05, 3.63) is 0 Å². The lowest BCUT2D eigenvalue weighted by Gasteiger charge is -1.94. The zero-order valence-corrected chi connectivity index (χ0v) is 5.87. The fourth-order valence-corrected chi connectivity index (χ4v) is 0.922. The number of halogens is 3. The van der Waals surface area contributed by atoms with E-state index in [9.17, 15) is 21.1 Å². The van der Waals surface area contributed by atoms with Gasteiger partial charge in [-0.2, -0.15) is 8.42 Å². The maximum Gasteiger partial charge on any atom is 0.302 e. The van der Waals surface area contributed by atoms with Crippen LogP contribution in [0.4, 0.5) is 12.7 Å².